The Morgan fingerprint density at radius 1 is 1.32 bits per heavy atom. The second-order valence-corrected chi connectivity index (χ2v) is 4.84. The molecule has 1 aromatic carbocycles. The molecule has 1 rings (SSSR count). The van der Waals surface area contributed by atoms with E-state index in [-0.39, 0.29) is 12.6 Å². The standard InChI is InChI=1S/C14H22ClNO3/c1-11(10-19-3)16(6-7-18-2)14-5-4-12(9-17)8-13(14)15/h4-5,8,11,17H,6-7,9-10H2,1-3H3. The summed E-state index contributed by atoms with van der Waals surface area (Å²) in [5, 5.41) is 9.74. The van der Waals surface area contributed by atoms with Crippen LogP contribution in [-0.2, 0) is 16.1 Å². The highest BCUT2D eigenvalue weighted by molar-refractivity contribution is 6.33. The zero-order chi connectivity index (χ0) is 14.3. The van der Waals surface area contributed by atoms with Gasteiger partial charge >= 0.3 is 0 Å². The fourth-order valence-electron chi connectivity index (χ4n) is 1.98. The van der Waals surface area contributed by atoms with Gasteiger partial charge in [0.25, 0.3) is 0 Å². The number of ether oxygens (including phenoxy) is 2. The average Bonchev–Trinajstić information content (AvgIpc) is 2.40. The highest BCUT2D eigenvalue weighted by Gasteiger charge is 2.17. The molecule has 0 aliphatic rings. The molecule has 0 amide bonds. The number of hydrogen-bond acceptors (Lipinski definition) is 4. The van der Waals surface area contributed by atoms with Gasteiger partial charge in [-0.25, -0.2) is 0 Å². The first-order chi connectivity index (χ1) is 9.13. The number of aliphatic hydroxyl groups excluding tert-OH is 1. The molecule has 0 saturated carbocycles. The van der Waals surface area contributed by atoms with Crippen LogP contribution in [0.1, 0.15) is 12.5 Å². The first kappa shape index (κ1) is 16.2. The summed E-state index contributed by atoms with van der Waals surface area (Å²) in [7, 11) is 3.36. The molecule has 1 N–H and O–H groups in total. The quantitative estimate of drug-likeness (QED) is 0.797. The molecule has 1 aromatic rings. The SMILES string of the molecule is COCCN(c1ccc(CO)cc1Cl)C(C)COC. The van der Waals surface area contributed by atoms with Gasteiger partial charge in [0.15, 0.2) is 0 Å². The molecule has 0 spiro atoms. The maximum atomic E-state index is 9.11. The molecule has 0 aliphatic heterocycles. The molecule has 0 bridgehead atoms. The van der Waals surface area contributed by atoms with Crippen molar-refractivity contribution in [2.24, 2.45) is 0 Å². The van der Waals surface area contributed by atoms with E-state index < -0.39 is 0 Å². The van der Waals surface area contributed by atoms with Gasteiger partial charge in [-0.3, -0.25) is 0 Å². The summed E-state index contributed by atoms with van der Waals surface area (Å²) in [5.74, 6) is 0. The Morgan fingerprint density at radius 3 is 2.58 bits per heavy atom. The second-order valence-electron chi connectivity index (χ2n) is 4.43. The van der Waals surface area contributed by atoms with Crippen LogP contribution in [0.3, 0.4) is 0 Å². The lowest BCUT2D eigenvalue weighted by Crippen LogP contribution is -2.38. The molecule has 0 saturated heterocycles. The number of halogens is 1. The van der Waals surface area contributed by atoms with Crippen LogP contribution >= 0.6 is 11.6 Å². The second kappa shape index (κ2) is 8.38. The number of methoxy groups -OCH3 is 2. The summed E-state index contributed by atoms with van der Waals surface area (Å²) in [6.45, 7) is 4.04. The average molecular weight is 288 g/mol. The van der Waals surface area contributed by atoms with Crippen molar-refractivity contribution in [3.8, 4) is 0 Å². The van der Waals surface area contributed by atoms with Gasteiger partial charge in [-0.2, -0.15) is 0 Å². The van der Waals surface area contributed by atoms with E-state index in [9.17, 15) is 0 Å². The third-order valence-corrected chi connectivity index (χ3v) is 3.28. The maximum absolute atomic E-state index is 9.11. The van der Waals surface area contributed by atoms with Gasteiger partial charge in [-0.1, -0.05) is 17.7 Å². The highest BCUT2D eigenvalue weighted by Crippen LogP contribution is 2.28. The van der Waals surface area contributed by atoms with Crippen molar-refractivity contribution < 1.29 is 14.6 Å². The first-order valence-corrected chi connectivity index (χ1v) is 6.65. The van der Waals surface area contributed by atoms with Crippen molar-refractivity contribution in [3.05, 3.63) is 28.8 Å². The normalized spacial score (nSPS) is 12.5. The van der Waals surface area contributed by atoms with Gasteiger partial charge in [0.1, 0.15) is 0 Å². The lowest BCUT2D eigenvalue weighted by atomic mass is 10.1. The van der Waals surface area contributed by atoms with Crippen molar-refractivity contribution in [1.29, 1.82) is 0 Å². The van der Waals surface area contributed by atoms with Crippen LogP contribution < -0.4 is 4.90 Å². The van der Waals surface area contributed by atoms with Gasteiger partial charge < -0.3 is 19.5 Å². The topological polar surface area (TPSA) is 41.9 Å². The predicted molar refractivity (Wildman–Crippen MR) is 77.9 cm³/mol. The number of hydrogen-bond donors (Lipinski definition) is 1. The van der Waals surface area contributed by atoms with E-state index in [1.807, 2.05) is 12.1 Å². The minimum Gasteiger partial charge on any atom is -0.392 e. The van der Waals surface area contributed by atoms with Crippen LogP contribution in [0, 0.1) is 0 Å². The maximum Gasteiger partial charge on any atom is 0.0682 e. The lowest BCUT2D eigenvalue weighted by Gasteiger charge is -2.31. The van der Waals surface area contributed by atoms with E-state index in [1.54, 1.807) is 20.3 Å². The largest absolute Gasteiger partial charge is 0.392 e. The molecular weight excluding hydrogens is 266 g/mol. The Balaban J connectivity index is 2.95. The summed E-state index contributed by atoms with van der Waals surface area (Å²) in [6, 6.07) is 5.78. The van der Waals surface area contributed by atoms with Crippen molar-refractivity contribution in [2.75, 3.05) is 38.9 Å². The fourth-order valence-corrected chi connectivity index (χ4v) is 2.29. The summed E-state index contributed by atoms with van der Waals surface area (Å²) in [6.07, 6.45) is 0. The van der Waals surface area contributed by atoms with Crippen molar-refractivity contribution >= 4 is 17.3 Å². The molecule has 4 nitrogen and oxygen atoms in total. The minimum atomic E-state index is -0.00824. The monoisotopic (exact) mass is 287 g/mol. The lowest BCUT2D eigenvalue weighted by molar-refractivity contribution is 0.171. The Kier molecular flexibility index (Phi) is 7.16. The van der Waals surface area contributed by atoms with Gasteiger partial charge in [0.2, 0.25) is 0 Å². The van der Waals surface area contributed by atoms with Crippen LogP contribution in [-0.4, -0.2) is 45.1 Å². The Morgan fingerprint density at radius 2 is 2.05 bits per heavy atom. The van der Waals surface area contributed by atoms with Crippen LogP contribution in [0.2, 0.25) is 5.02 Å². The van der Waals surface area contributed by atoms with E-state index in [0.717, 1.165) is 17.8 Å². The van der Waals surface area contributed by atoms with Gasteiger partial charge in [0, 0.05) is 26.8 Å². The Labute approximate surface area is 119 Å². The molecule has 19 heavy (non-hydrogen) atoms. The summed E-state index contributed by atoms with van der Waals surface area (Å²) in [4.78, 5) is 2.15. The molecule has 0 fully saturated rings. The molecule has 0 heterocycles. The smallest absolute Gasteiger partial charge is 0.0682 e. The third-order valence-electron chi connectivity index (χ3n) is 2.98. The number of benzene rings is 1. The minimum absolute atomic E-state index is 0.00824. The fraction of sp³-hybridized carbons (Fsp3) is 0.571. The van der Waals surface area contributed by atoms with Crippen molar-refractivity contribution in [1.82, 2.24) is 0 Å². The molecule has 0 aliphatic carbocycles. The zero-order valence-electron chi connectivity index (χ0n) is 11.7. The molecular formula is C14H22ClNO3. The molecule has 1 atom stereocenters. The number of rotatable bonds is 8. The van der Waals surface area contributed by atoms with Crippen LogP contribution in [0.4, 0.5) is 5.69 Å². The predicted octanol–water partition coefficient (Wildman–Crippen LogP) is 2.32. The van der Waals surface area contributed by atoms with E-state index in [2.05, 4.69) is 11.8 Å². The van der Waals surface area contributed by atoms with E-state index in [4.69, 9.17) is 26.2 Å². The van der Waals surface area contributed by atoms with E-state index >= 15 is 0 Å². The number of anilines is 1. The molecule has 108 valence electrons. The third kappa shape index (κ3) is 4.66. The Hall–Kier alpha value is -0.810. The summed E-state index contributed by atoms with van der Waals surface area (Å²) >= 11 is 6.29. The van der Waals surface area contributed by atoms with Crippen LogP contribution in [0.15, 0.2) is 18.2 Å². The summed E-state index contributed by atoms with van der Waals surface area (Å²) < 4.78 is 10.3. The summed E-state index contributed by atoms with van der Waals surface area (Å²) in [5.41, 5.74) is 1.74. The van der Waals surface area contributed by atoms with Crippen LogP contribution in [0.5, 0.6) is 0 Å². The highest BCUT2D eigenvalue weighted by atomic mass is 35.5. The van der Waals surface area contributed by atoms with Crippen LogP contribution in [0.25, 0.3) is 0 Å². The number of aliphatic hydroxyl groups is 1. The zero-order valence-corrected chi connectivity index (χ0v) is 12.5. The van der Waals surface area contributed by atoms with Crippen molar-refractivity contribution in [3.63, 3.8) is 0 Å². The molecule has 5 heteroatoms. The first-order valence-electron chi connectivity index (χ1n) is 6.27. The van der Waals surface area contributed by atoms with Gasteiger partial charge in [-0.15, -0.1) is 0 Å². The molecule has 1 unspecified atom stereocenters. The van der Waals surface area contributed by atoms with E-state index in [1.165, 1.54) is 0 Å². The number of nitrogens with zero attached hydrogens (tertiary/aromatic N) is 1. The van der Waals surface area contributed by atoms with Gasteiger partial charge in [-0.05, 0) is 24.6 Å². The van der Waals surface area contributed by atoms with E-state index in [0.29, 0.717) is 18.2 Å². The molecule has 0 radical (unpaired) electrons. The Bertz CT molecular complexity index is 387. The molecule has 0 aromatic heterocycles. The van der Waals surface area contributed by atoms with Gasteiger partial charge in [0.05, 0.1) is 30.5 Å². The van der Waals surface area contributed by atoms with Crippen molar-refractivity contribution in [2.45, 2.75) is 19.6 Å².